The van der Waals surface area contributed by atoms with Crippen molar-refractivity contribution in [3.63, 3.8) is 0 Å². The molecule has 0 aliphatic rings. The first-order valence-corrected chi connectivity index (χ1v) is 6.46. The van der Waals surface area contributed by atoms with E-state index in [2.05, 4.69) is 55.4 Å². The highest BCUT2D eigenvalue weighted by Crippen LogP contribution is 2.26. The highest BCUT2D eigenvalue weighted by atomic mass is 15.2. The number of imidazole rings is 1. The minimum atomic E-state index is -0.0403. The van der Waals surface area contributed by atoms with Crippen LogP contribution in [-0.2, 0) is 12.5 Å². The summed E-state index contributed by atoms with van der Waals surface area (Å²) in [4.78, 5) is 4.14. The Balaban J connectivity index is 2.33. The molecule has 102 valence electrons. The SMILES string of the molecule is Cn1cncc1C(NN)c1ccc(C(C)(C)C)cc1. The van der Waals surface area contributed by atoms with Gasteiger partial charge in [0, 0.05) is 7.05 Å². The standard InChI is InChI=1S/C15H22N4/c1-15(2,3)12-7-5-11(6-8-12)14(18-16)13-9-17-10-19(13)4/h5-10,14,18H,16H2,1-4H3. The predicted octanol–water partition coefficient (Wildman–Crippen LogP) is 2.27. The summed E-state index contributed by atoms with van der Waals surface area (Å²) in [7, 11) is 1.97. The Hall–Kier alpha value is -1.65. The number of aryl methyl sites for hydroxylation is 1. The van der Waals surface area contributed by atoms with Crippen molar-refractivity contribution >= 4 is 0 Å². The minimum absolute atomic E-state index is 0.0403. The van der Waals surface area contributed by atoms with Gasteiger partial charge in [-0.05, 0) is 16.5 Å². The Morgan fingerprint density at radius 3 is 2.26 bits per heavy atom. The van der Waals surface area contributed by atoms with Gasteiger partial charge in [0.25, 0.3) is 0 Å². The Bertz CT molecular complexity index is 534. The molecule has 3 N–H and O–H groups in total. The van der Waals surface area contributed by atoms with Gasteiger partial charge in [0.2, 0.25) is 0 Å². The molecule has 1 unspecified atom stereocenters. The molecule has 4 nitrogen and oxygen atoms in total. The summed E-state index contributed by atoms with van der Waals surface area (Å²) in [6.07, 6.45) is 3.62. The van der Waals surface area contributed by atoms with Crippen LogP contribution < -0.4 is 11.3 Å². The maximum absolute atomic E-state index is 5.70. The van der Waals surface area contributed by atoms with E-state index in [-0.39, 0.29) is 11.5 Å². The zero-order chi connectivity index (χ0) is 14.0. The molecule has 0 fully saturated rings. The third kappa shape index (κ3) is 2.85. The molecule has 4 heteroatoms. The van der Waals surface area contributed by atoms with Crippen LogP contribution in [0.15, 0.2) is 36.8 Å². The van der Waals surface area contributed by atoms with Crippen molar-refractivity contribution in [1.29, 1.82) is 0 Å². The molecule has 0 radical (unpaired) electrons. The minimum Gasteiger partial charge on any atom is -0.336 e. The van der Waals surface area contributed by atoms with Crippen LogP contribution in [0.3, 0.4) is 0 Å². The number of nitrogens with two attached hydrogens (primary N) is 1. The topological polar surface area (TPSA) is 55.9 Å². The van der Waals surface area contributed by atoms with E-state index in [0.29, 0.717) is 0 Å². The Morgan fingerprint density at radius 1 is 1.21 bits per heavy atom. The summed E-state index contributed by atoms with van der Waals surface area (Å²) in [5.74, 6) is 5.70. The normalized spacial score (nSPS) is 13.5. The van der Waals surface area contributed by atoms with Crippen LogP contribution in [-0.4, -0.2) is 9.55 Å². The van der Waals surface area contributed by atoms with Crippen LogP contribution >= 0.6 is 0 Å². The van der Waals surface area contributed by atoms with Gasteiger partial charge in [0.1, 0.15) is 0 Å². The van der Waals surface area contributed by atoms with Gasteiger partial charge in [0.05, 0.1) is 24.3 Å². The van der Waals surface area contributed by atoms with Gasteiger partial charge in [0.15, 0.2) is 0 Å². The van der Waals surface area contributed by atoms with Gasteiger partial charge in [-0.25, -0.2) is 10.4 Å². The van der Waals surface area contributed by atoms with E-state index in [4.69, 9.17) is 5.84 Å². The lowest BCUT2D eigenvalue weighted by Gasteiger charge is -2.21. The van der Waals surface area contributed by atoms with Crippen molar-refractivity contribution in [2.24, 2.45) is 12.9 Å². The van der Waals surface area contributed by atoms with Gasteiger partial charge >= 0.3 is 0 Å². The first-order chi connectivity index (χ1) is 8.93. The Kier molecular flexibility index (Phi) is 3.73. The smallest absolute Gasteiger partial charge is 0.0946 e. The molecule has 1 atom stereocenters. The highest BCUT2D eigenvalue weighted by Gasteiger charge is 2.17. The Labute approximate surface area is 114 Å². The number of nitrogens with zero attached hydrogens (tertiary/aromatic N) is 2. The predicted molar refractivity (Wildman–Crippen MR) is 77.5 cm³/mol. The Morgan fingerprint density at radius 2 is 1.84 bits per heavy atom. The highest BCUT2D eigenvalue weighted by molar-refractivity contribution is 5.32. The van der Waals surface area contributed by atoms with Crippen LogP contribution in [0.25, 0.3) is 0 Å². The second-order valence-electron chi connectivity index (χ2n) is 5.90. The second-order valence-corrected chi connectivity index (χ2v) is 5.90. The van der Waals surface area contributed by atoms with Crippen molar-refractivity contribution in [1.82, 2.24) is 15.0 Å². The van der Waals surface area contributed by atoms with Crippen LogP contribution in [0, 0.1) is 0 Å². The van der Waals surface area contributed by atoms with E-state index in [0.717, 1.165) is 11.3 Å². The van der Waals surface area contributed by atoms with E-state index >= 15 is 0 Å². The maximum atomic E-state index is 5.70. The summed E-state index contributed by atoms with van der Waals surface area (Å²) in [6, 6.07) is 8.53. The molecular formula is C15H22N4. The number of nitrogens with one attached hydrogen (secondary N) is 1. The number of hydrogen-bond acceptors (Lipinski definition) is 3. The summed E-state index contributed by atoms with van der Waals surface area (Å²) in [6.45, 7) is 6.63. The lowest BCUT2D eigenvalue weighted by molar-refractivity contribution is 0.583. The summed E-state index contributed by atoms with van der Waals surface area (Å²) in [5, 5.41) is 0. The number of rotatable bonds is 3. The van der Waals surface area contributed by atoms with Crippen molar-refractivity contribution in [3.8, 4) is 0 Å². The number of hydrogen-bond donors (Lipinski definition) is 2. The molecule has 0 amide bonds. The molecule has 0 bridgehead atoms. The first kappa shape index (κ1) is 13.8. The molecule has 0 aliphatic heterocycles. The fraction of sp³-hybridized carbons (Fsp3) is 0.400. The van der Waals surface area contributed by atoms with Crippen molar-refractivity contribution < 1.29 is 0 Å². The summed E-state index contributed by atoms with van der Waals surface area (Å²) in [5.41, 5.74) is 6.52. The van der Waals surface area contributed by atoms with Crippen LogP contribution in [0.5, 0.6) is 0 Å². The average Bonchev–Trinajstić information content (AvgIpc) is 2.76. The number of aromatic nitrogens is 2. The fourth-order valence-corrected chi connectivity index (χ4v) is 2.17. The van der Waals surface area contributed by atoms with E-state index in [1.807, 2.05) is 17.8 Å². The first-order valence-electron chi connectivity index (χ1n) is 6.46. The van der Waals surface area contributed by atoms with Crippen LogP contribution in [0.4, 0.5) is 0 Å². The van der Waals surface area contributed by atoms with Crippen molar-refractivity contribution in [3.05, 3.63) is 53.6 Å². The van der Waals surface area contributed by atoms with Gasteiger partial charge in [-0.3, -0.25) is 5.84 Å². The number of benzene rings is 1. The van der Waals surface area contributed by atoms with Crippen LogP contribution in [0.1, 0.15) is 43.6 Å². The van der Waals surface area contributed by atoms with Crippen molar-refractivity contribution in [2.75, 3.05) is 0 Å². The lowest BCUT2D eigenvalue weighted by atomic mass is 9.86. The molecule has 0 spiro atoms. The molecule has 0 saturated heterocycles. The monoisotopic (exact) mass is 258 g/mol. The van der Waals surface area contributed by atoms with E-state index in [1.54, 1.807) is 6.33 Å². The molecule has 1 heterocycles. The zero-order valence-electron chi connectivity index (χ0n) is 12.0. The summed E-state index contributed by atoms with van der Waals surface area (Å²) >= 11 is 0. The second kappa shape index (κ2) is 5.15. The third-order valence-electron chi connectivity index (χ3n) is 3.43. The van der Waals surface area contributed by atoms with Gasteiger partial charge in [-0.15, -0.1) is 0 Å². The third-order valence-corrected chi connectivity index (χ3v) is 3.43. The largest absolute Gasteiger partial charge is 0.336 e. The molecule has 0 aliphatic carbocycles. The van der Waals surface area contributed by atoms with Gasteiger partial charge in [-0.2, -0.15) is 0 Å². The molecule has 0 saturated carbocycles. The lowest BCUT2D eigenvalue weighted by Crippen LogP contribution is -2.30. The molecule has 2 rings (SSSR count). The quantitative estimate of drug-likeness (QED) is 0.656. The molecule has 1 aromatic heterocycles. The number of hydrazine groups is 1. The average molecular weight is 258 g/mol. The fourth-order valence-electron chi connectivity index (χ4n) is 2.17. The van der Waals surface area contributed by atoms with Gasteiger partial charge in [-0.1, -0.05) is 45.0 Å². The molecule has 2 aromatic rings. The summed E-state index contributed by atoms with van der Waals surface area (Å²) < 4.78 is 1.97. The van der Waals surface area contributed by atoms with Gasteiger partial charge < -0.3 is 4.57 Å². The zero-order valence-corrected chi connectivity index (χ0v) is 12.0. The molecule has 19 heavy (non-hydrogen) atoms. The van der Waals surface area contributed by atoms with E-state index in [1.165, 1.54) is 5.56 Å². The maximum Gasteiger partial charge on any atom is 0.0946 e. The molecular weight excluding hydrogens is 236 g/mol. The van der Waals surface area contributed by atoms with E-state index < -0.39 is 0 Å². The molecule has 1 aromatic carbocycles. The van der Waals surface area contributed by atoms with Crippen molar-refractivity contribution in [2.45, 2.75) is 32.2 Å². The van der Waals surface area contributed by atoms with E-state index in [9.17, 15) is 0 Å². The van der Waals surface area contributed by atoms with Crippen LogP contribution in [0.2, 0.25) is 0 Å².